The lowest BCUT2D eigenvalue weighted by atomic mass is 9.95. The quantitative estimate of drug-likeness (QED) is 0.335. The van der Waals surface area contributed by atoms with Crippen molar-refractivity contribution in [1.82, 2.24) is 9.97 Å². The summed E-state index contributed by atoms with van der Waals surface area (Å²) in [7, 11) is 0. The molecule has 1 aliphatic rings. The van der Waals surface area contributed by atoms with Gasteiger partial charge in [0.05, 0.1) is 44.4 Å². The summed E-state index contributed by atoms with van der Waals surface area (Å²) in [6, 6.07) is 6.20. The number of thiazole rings is 2. The van der Waals surface area contributed by atoms with Crippen LogP contribution in [0, 0.1) is 26.7 Å². The summed E-state index contributed by atoms with van der Waals surface area (Å²) in [5, 5.41) is 12.0. The zero-order valence-electron chi connectivity index (χ0n) is 21.6. The number of ketones is 2. The molecule has 10 heteroatoms. The fraction of sp³-hybridized carbons (Fsp3) is 0.370. The van der Waals surface area contributed by atoms with E-state index < -0.39 is 23.5 Å². The van der Waals surface area contributed by atoms with Crippen LogP contribution in [0.1, 0.15) is 74.5 Å². The molecule has 3 heterocycles. The Balaban J connectivity index is 1.83. The molecule has 194 valence electrons. The van der Waals surface area contributed by atoms with Gasteiger partial charge in [-0.3, -0.25) is 19.3 Å². The van der Waals surface area contributed by atoms with Crippen LogP contribution in [0.15, 0.2) is 35.6 Å². The topological polar surface area (TPSA) is 110 Å². The van der Waals surface area contributed by atoms with Crippen LogP contribution in [-0.4, -0.2) is 39.2 Å². The molecule has 0 fully saturated rings. The van der Waals surface area contributed by atoms with Gasteiger partial charge in [0.2, 0.25) is 5.78 Å². The lowest BCUT2D eigenvalue weighted by Crippen LogP contribution is -2.31. The molecular weight excluding hydrogens is 510 g/mol. The molecule has 1 atom stereocenters. The van der Waals surface area contributed by atoms with Gasteiger partial charge < -0.3 is 9.84 Å². The van der Waals surface area contributed by atoms with Crippen LogP contribution in [0.5, 0.6) is 5.75 Å². The van der Waals surface area contributed by atoms with Crippen LogP contribution < -0.4 is 9.64 Å². The van der Waals surface area contributed by atoms with Crippen LogP contribution in [0.25, 0.3) is 0 Å². The van der Waals surface area contributed by atoms with Crippen molar-refractivity contribution in [3.05, 3.63) is 67.3 Å². The first-order valence-corrected chi connectivity index (χ1v) is 13.6. The molecule has 1 N–H and O–H groups in total. The van der Waals surface area contributed by atoms with E-state index in [1.54, 1.807) is 39.0 Å². The number of rotatable bonds is 9. The molecule has 1 aliphatic heterocycles. The number of aliphatic hydroxyl groups excluding tert-OH is 1. The highest BCUT2D eigenvalue weighted by molar-refractivity contribution is 7.17. The number of amides is 1. The Bertz CT molecular complexity index is 1420. The van der Waals surface area contributed by atoms with E-state index in [-0.39, 0.29) is 16.5 Å². The monoisotopic (exact) mass is 539 g/mol. The predicted molar refractivity (Wildman–Crippen MR) is 144 cm³/mol. The normalized spacial score (nSPS) is 15.7. The minimum Gasteiger partial charge on any atom is -0.503 e. The van der Waals surface area contributed by atoms with Gasteiger partial charge in [-0.2, -0.15) is 0 Å². The summed E-state index contributed by atoms with van der Waals surface area (Å²) in [5.41, 5.74) is 1.55. The first-order valence-electron chi connectivity index (χ1n) is 12.0. The average Bonchev–Trinajstić information content (AvgIpc) is 3.46. The summed E-state index contributed by atoms with van der Waals surface area (Å²) in [6.07, 6.45) is 0.874. The molecule has 3 aromatic rings. The highest BCUT2D eigenvalue weighted by atomic mass is 32.1. The fourth-order valence-corrected chi connectivity index (χ4v) is 6.08. The number of aromatic nitrogens is 2. The zero-order chi connectivity index (χ0) is 27.0. The van der Waals surface area contributed by atoms with Gasteiger partial charge >= 0.3 is 0 Å². The van der Waals surface area contributed by atoms with E-state index in [0.717, 1.165) is 17.8 Å². The Hall–Kier alpha value is -3.37. The molecule has 1 aromatic carbocycles. The van der Waals surface area contributed by atoms with Gasteiger partial charge in [-0.05, 0) is 50.8 Å². The van der Waals surface area contributed by atoms with Crippen LogP contribution in [0.4, 0.5) is 5.13 Å². The van der Waals surface area contributed by atoms with Gasteiger partial charge in [-0.25, -0.2) is 9.97 Å². The van der Waals surface area contributed by atoms with Crippen LogP contribution in [0.2, 0.25) is 0 Å². The van der Waals surface area contributed by atoms with E-state index in [2.05, 4.69) is 23.8 Å². The van der Waals surface area contributed by atoms with E-state index in [9.17, 15) is 19.5 Å². The predicted octanol–water partition coefficient (Wildman–Crippen LogP) is 5.94. The minimum absolute atomic E-state index is 0.0479. The SMILES string of the molecule is CC(=O)c1sc(N2C(=O)C(O)=C(C(=O)c3sc(C)nc3C)C2c2cccc(OCCC(C)C)c2)nc1C. The summed E-state index contributed by atoms with van der Waals surface area (Å²) in [5.74, 6) is -0.953. The number of nitrogens with zero attached hydrogens (tertiary/aromatic N) is 3. The van der Waals surface area contributed by atoms with Crippen LogP contribution in [0.3, 0.4) is 0 Å². The molecule has 1 amide bonds. The van der Waals surface area contributed by atoms with Crippen LogP contribution >= 0.6 is 22.7 Å². The summed E-state index contributed by atoms with van der Waals surface area (Å²) in [4.78, 5) is 50.2. The Morgan fingerprint density at radius 2 is 1.81 bits per heavy atom. The van der Waals surface area contributed by atoms with Crippen molar-refractivity contribution in [1.29, 1.82) is 0 Å². The fourth-order valence-electron chi connectivity index (χ4n) is 4.21. The summed E-state index contributed by atoms with van der Waals surface area (Å²) < 4.78 is 5.94. The molecule has 1 unspecified atom stereocenters. The average molecular weight is 540 g/mol. The highest BCUT2D eigenvalue weighted by Crippen LogP contribution is 2.45. The maximum absolute atomic E-state index is 13.8. The molecule has 0 saturated carbocycles. The van der Waals surface area contributed by atoms with Gasteiger partial charge in [-0.15, -0.1) is 11.3 Å². The molecule has 0 radical (unpaired) electrons. The Morgan fingerprint density at radius 3 is 2.41 bits per heavy atom. The lowest BCUT2D eigenvalue weighted by molar-refractivity contribution is -0.117. The van der Waals surface area contributed by atoms with Gasteiger partial charge in [0.25, 0.3) is 5.91 Å². The van der Waals surface area contributed by atoms with Crippen LogP contribution in [-0.2, 0) is 4.79 Å². The van der Waals surface area contributed by atoms with Gasteiger partial charge in [0, 0.05) is 6.92 Å². The first-order chi connectivity index (χ1) is 17.5. The van der Waals surface area contributed by atoms with E-state index >= 15 is 0 Å². The molecule has 2 aromatic heterocycles. The van der Waals surface area contributed by atoms with Gasteiger partial charge in [-0.1, -0.05) is 37.3 Å². The van der Waals surface area contributed by atoms with Crippen molar-refractivity contribution in [2.45, 2.75) is 54.0 Å². The molecule has 0 aliphatic carbocycles. The molecule has 0 saturated heterocycles. The molecular formula is C27H29N3O5S2. The number of Topliss-reactive ketones (excluding diaryl/α,β-unsaturated/α-hetero) is 2. The standard InChI is InChI=1S/C27H29N3O5S2/c1-13(2)10-11-35-19-9-7-8-18(12-19)21-20(22(32)25-15(4)28-17(6)36-25)23(33)26(34)30(21)27-29-14(3)24(37-27)16(5)31/h7-9,12-13,21,33H,10-11H2,1-6H3. The largest absolute Gasteiger partial charge is 0.503 e. The zero-order valence-corrected chi connectivity index (χ0v) is 23.2. The second-order valence-electron chi connectivity index (χ2n) is 9.39. The van der Waals surface area contributed by atoms with Crippen molar-refractivity contribution >= 4 is 45.3 Å². The number of ether oxygens (including phenoxy) is 1. The van der Waals surface area contributed by atoms with Gasteiger partial charge in [0.1, 0.15) is 5.75 Å². The highest BCUT2D eigenvalue weighted by Gasteiger charge is 2.46. The third-order valence-corrected chi connectivity index (χ3v) is 8.34. The van der Waals surface area contributed by atoms with E-state index in [0.29, 0.717) is 50.0 Å². The first kappa shape index (κ1) is 26.7. The van der Waals surface area contributed by atoms with Crippen molar-refractivity contribution in [2.75, 3.05) is 11.5 Å². The van der Waals surface area contributed by atoms with Gasteiger partial charge in [0.15, 0.2) is 16.7 Å². The summed E-state index contributed by atoms with van der Waals surface area (Å²) in [6.45, 7) is 11.4. The Morgan fingerprint density at radius 1 is 1.11 bits per heavy atom. The van der Waals surface area contributed by atoms with Crippen molar-refractivity contribution < 1.29 is 24.2 Å². The second-order valence-corrected chi connectivity index (χ2v) is 11.6. The minimum atomic E-state index is -0.958. The second kappa shape index (κ2) is 10.5. The van der Waals surface area contributed by atoms with Crippen molar-refractivity contribution in [3.8, 4) is 5.75 Å². The third-order valence-electron chi connectivity index (χ3n) is 6.01. The number of carbonyl (C=O) groups is 3. The number of carbonyl (C=O) groups excluding carboxylic acids is 3. The molecule has 37 heavy (non-hydrogen) atoms. The van der Waals surface area contributed by atoms with Crippen molar-refractivity contribution in [2.24, 2.45) is 5.92 Å². The Kier molecular flexibility index (Phi) is 7.61. The number of hydrogen-bond acceptors (Lipinski definition) is 9. The molecule has 8 nitrogen and oxygen atoms in total. The molecule has 4 rings (SSSR count). The number of hydrogen-bond donors (Lipinski definition) is 1. The Labute approximate surface area is 223 Å². The van der Waals surface area contributed by atoms with E-state index in [1.165, 1.54) is 23.2 Å². The molecule has 0 bridgehead atoms. The van der Waals surface area contributed by atoms with Crippen molar-refractivity contribution in [3.63, 3.8) is 0 Å². The maximum atomic E-state index is 13.8. The molecule has 0 spiro atoms. The number of aryl methyl sites for hydroxylation is 3. The smallest absolute Gasteiger partial charge is 0.296 e. The number of benzene rings is 1. The third kappa shape index (κ3) is 5.21. The van der Waals surface area contributed by atoms with E-state index in [1.807, 2.05) is 6.07 Å². The lowest BCUT2D eigenvalue weighted by Gasteiger charge is -2.25. The number of aliphatic hydroxyl groups is 1. The summed E-state index contributed by atoms with van der Waals surface area (Å²) >= 11 is 2.28. The van der Waals surface area contributed by atoms with E-state index in [4.69, 9.17) is 4.74 Å². The maximum Gasteiger partial charge on any atom is 0.296 e. The number of anilines is 1.